The molecule has 1 aromatic rings. The highest BCUT2D eigenvalue weighted by Crippen LogP contribution is 2.37. The standard InChI is InChI=1S/C12H14ClNO2/c1-6(2)9-5-14-12(16)8-3-7(15)4-10(13)11(8)9/h3-4,6,9,15H,5H2,1-2H3,(H,14,16). The number of rotatable bonds is 1. The summed E-state index contributed by atoms with van der Waals surface area (Å²) in [5, 5.41) is 12.7. The SMILES string of the molecule is CC(C)C1CNC(=O)c2cc(O)cc(Cl)c21. The van der Waals surface area contributed by atoms with Gasteiger partial charge in [-0.2, -0.15) is 0 Å². The van der Waals surface area contributed by atoms with Gasteiger partial charge in [0.25, 0.3) is 5.91 Å². The molecule has 1 aromatic carbocycles. The molecular weight excluding hydrogens is 226 g/mol. The number of nitrogens with one attached hydrogen (secondary N) is 1. The van der Waals surface area contributed by atoms with Gasteiger partial charge in [0.2, 0.25) is 0 Å². The van der Waals surface area contributed by atoms with Gasteiger partial charge in [-0.05, 0) is 23.6 Å². The summed E-state index contributed by atoms with van der Waals surface area (Å²) in [6.45, 7) is 4.79. The van der Waals surface area contributed by atoms with E-state index in [1.807, 2.05) is 0 Å². The molecule has 1 heterocycles. The number of fused-ring (bicyclic) bond motifs is 1. The summed E-state index contributed by atoms with van der Waals surface area (Å²) >= 11 is 6.11. The molecule has 0 fully saturated rings. The van der Waals surface area contributed by atoms with Gasteiger partial charge in [-0.25, -0.2) is 0 Å². The van der Waals surface area contributed by atoms with Gasteiger partial charge in [-0.15, -0.1) is 0 Å². The van der Waals surface area contributed by atoms with Gasteiger partial charge in [-0.3, -0.25) is 4.79 Å². The minimum atomic E-state index is -0.162. The number of benzene rings is 1. The Hall–Kier alpha value is -1.22. The molecule has 4 heteroatoms. The van der Waals surface area contributed by atoms with Crippen molar-refractivity contribution in [3.05, 3.63) is 28.3 Å². The average Bonchev–Trinajstić information content (AvgIpc) is 2.19. The molecule has 0 saturated heterocycles. The number of hydrogen-bond donors (Lipinski definition) is 2. The Morgan fingerprint density at radius 3 is 2.81 bits per heavy atom. The van der Waals surface area contributed by atoms with Crippen LogP contribution in [0.15, 0.2) is 12.1 Å². The molecule has 1 atom stereocenters. The Kier molecular flexibility index (Phi) is 2.80. The first kappa shape index (κ1) is 11.3. The molecule has 0 aliphatic carbocycles. The Morgan fingerprint density at radius 2 is 2.19 bits per heavy atom. The molecule has 0 spiro atoms. The average molecular weight is 240 g/mol. The molecule has 1 unspecified atom stereocenters. The highest BCUT2D eigenvalue weighted by atomic mass is 35.5. The van der Waals surface area contributed by atoms with Crippen molar-refractivity contribution in [3.8, 4) is 5.75 Å². The molecule has 1 aliphatic heterocycles. The van der Waals surface area contributed by atoms with Crippen LogP contribution < -0.4 is 5.32 Å². The molecule has 2 N–H and O–H groups in total. The van der Waals surface area contributed by atoms with Crippen LogP contribution >= 0.6 is 11.6 Å². The van der Waals surface area contributed by atoms with Gasteiger partial charge < -0.3 is 10.4 Å². The largest absolute Gasteiger partial charge is 0.508 e. The lowest BCUT2D eigenvalue weighted by Gasteiger charge is -2.29. The van der Waals surface area contributed by atoms with Crippen molar-refractivity contribution < 1.29 is 9.90 Å². The number of phenolic OH excluding ortho intramolecular Hbond substituents is 1. The summed E-state index contributed by atoms with van der Waals surface area (Å²) in [4.78, 5) is 11.7. The van der Waals surface area contributed by atoms with Crippen molar-refractivity contribution in [2.24, 2.45) is 5.92 Å². The summed E-state index contributed by atoms with van der Waals surface area (Å²) in [6.07, 6.45) is 0. The number of carbonyl (C=O) groups excluding carboxylic acids is 1. The number of hydrogen-bond acceptors (Lipinski definition) is 2. The van der Waals surface area contributed by atoms with Gasteiger partial charge in [0.15, 0.2) is 0 Å². The van der Waals surface area contributed by atoms with E-state index >= 15 is 0 Å². The smallest absolute Gasteiger partial charge is 0.251 e. The second-order valence-corrected chi connectivity index (χ2v) is 4.86. The van der Waals surface area contributed by atoms with Crippen LogP contribution in [0.25, 0.3) is 0 Å². The van der Waals surface area contributed by atoms with Crippen LogP contribution in [0.1, 0.15) is 35.7 Å². The van der Waals surface area contributed by atoms with Crippen molar-refractivity contribution in [3.63, 3.8) is 0 Å². The zero-order valence-corrected chi connectivity index (χ0v) is 10.0. The van der Waals surface area contributed by atoms with E-state index in [1.54, 1.807) is 0 Å². The van der Waals surface area contributed by atoms with E-state index in [1.165, 1.54) is 12.1 Å². The highest BCUT2D eigenvalue weighted by molar-refractivity contribution is 6.32. The first-order valence-corrected chi connectivity index (χ1v) is 5.69. The van der Waals surface area contributed by atoms with Crippen LogP contribution in [0.2, 0.25) is 5.02 Å². The second-order valence-electron chi connectivity index (χ2n) is 4.45. The number of aromatic hydroxyl groups is 1. The van der Waals surface area contributed by atoms with Crippen LogP contribution in [0.5, 0.6) is 5.75 Å². The fourth-order valence-corrected chi connectivity index (χ4v) is 2.49. The molecular formula is C12H14ClNO2. The maximum atomic E-state index is 11.7. The fourth-order valence-electron chi connectivity index (χ4n) is 2.14. The van der Waals surface area contributed by atoms with Crippen molar-refractivity contribution in [1.82, 2.24) is 5.32 Å². The summed E-state index contributed by atoms with van der Waals surface area (Å²) in [7, 11) is 0. The molecule has 16 heavy (non-hydrogen) atoms. The van der Waals surface area contributed by atoms with Gasteiger partial charge in [0.05, 0.1) is 0 Å². The van der Waals surface area contributed by atoms with Gasteiger partial charge in [0, 0.05) is 23.0 Å². The Balaban J connectivity index is 2.61. The van der Waals surface area contributed by atoms with E-state index in [9.17, 15) is 9.90 Å². The lowest BCUT2D eigenvalue weighted by molar-refractivity contribution is 0.0935. The molecule has 86 valence electrons. The molecule has 1 aliphatic rings. The van der Waals surface area contributed by atoms with Crippen LogP contribution in [0.3, 0.4) is 0 Å². The van der Waals surface area contributed by atoms with E-state index in [-0.39, 0.29) is 17.6 Å². The molecule has 0 saturated carbocycles. The maximum Gasteiger partial charge on any atom is 0.251 e. The van der Waals surface area contributed by atoms with Crippen LogP contribution in [-0.4, -0.2) is 17.6 Å². The predicted octanol–water partition coefficient (Wildman–Crippen LogP) is 2.53. The number of phenols is 1. The van der Waals surface area contributed by atoms with Crippen LogP contribution in [-0.2, 0) is 0 Å². The summed E-state index contributed by atoms with van der Waals surface area (Å²) < 4.78 is 0. The van der Waals surface area contributed by atoms with E-state index in [0.717, 1.165) is 5.56 Å². The monoisotopic (exact) mass is 239 g/mol. The van der Waals surface area contributed by atoms with Crippen molar-refractivity contribution >= 4 is 17.5 Å². The zero-order valence-electron chi connectivity index (χ0n) is 9.25. The fraction of sp³-hybridized carbons (Fsp3) is 0.417. The molecule has 0 radical (unpaired) electrons. The minimum absolute atomic E-state index is 0.0308. The third kappa shape index (κ3) is 1.76. The lowest BCUT2D eigenvalue weighted by Crippen LogP contribution is -2.37. The minimum Gasteiger partial charge on any atom is -0.508 e. The first-order valence-electron chi connectivity index (χ1n) is 5.31. The van der Waals surface area contributed by atoms with Crippen molar-refractivity contribution in [1.29, 1.82) is 0 Å². The van der Waals surface area contributed by atoms with Crippen molar-refractivity contribution in [2.75, 3.05) is 6.54 Å². The predicted molar refractivity (Wildman–Crippen MR) is 63.0 cm³/mol. The zero-order chi connectivity index (χ0) is 11.9. The molecule has 1 amide bonds. The normalized spacial score (nSPS) is 19.5. The Bertz CT molecular complexity index is 443. The molecule has 3 nitrogen and oxygen atoms in total. The van der Waals surface area contributed by atoms with Gasteiger partial charge in [-0.1, -0.05) is 25.4 Å². The molecule has 0 bridgehead atoms. The van der Waals surface area contributed by atoms with Crippen molar-refractivity contribution in [2.45, 2.75) is 19.8 Å². The summed E-state index contributed by atoms with van der Waals surface area (Å²) in [5.74, 6) is 0.468. The molecule has 2 rings (SSSR count). The number of amides is 1. The second kappa shape index (κ2) is 3.98. The summed E-state index contributed by atoms with van der Waals surface area (Å²) in [5.41, 5.74) is 1.35. The summed E-state index contributed by atoms with van der Waals surface area (Å²) in [6, 6.07) is 2.97. The topological polar surface area (TPSA) is 49.3 Å². The third-order valence-electron chi connectivity index (χ3n) is 3.02. The third-order valence-corrected chi connectivity index (χ3v) is 3.33. The van der Waals surface area contributed by atoms with Crippen LogP contribution in [0.4, 0.5) is 0 Å². The highest BCUT2D eigenvalue weighted by Gasteiger charge is 2.29. The Morgan fingerprint density at radius 1 is 1.50 bits per heavy atom. The van der Waals surface area contributed by atoms with E-state index in [2.05, 4.69) is 19.2 Å². The quantitative estimate of drug-likeness (QED) is 0.791. The Labute approximate surface area is 99.4 Å². The van der Waals surface area contributed by atoms with E-state index < -0.39 is 0 Å². The molecule has 0 aromatic heterocycles. The van der Waals surface area contributed by atoms with Gasteiger partial charge >= 0.3 is 0 Å². The number of carbonyl (C=O) groups is 1. The van der Waals surface area contributed by atoms with E-state index in [4.69, 9.17) is 11.6 Å². The van der Waals surface area contributed by atoms with E-state index in [0.29, 0.717) is 23.0 Å². The van der Waals surface area contributed by atoms with Gasteiger partial charge in [0.1, 0.15) is 5.75 Å². The maximum absolute atomic E-state index is 11.7. The first-order chi connectivity index (χ1) is 7.50. The van der Waals surface area contributed by atoms with Crippen LogP contribution in [0, 0.1) is 5.92 Å². The lowest BCUT2D eigenvalue weighted by atomic mass is 9.83. The number of halogens is 1.